The van der Waals surface area contributed by atoms with Crippen LogP contribution >= 0.6 is 0 Å². The molecule has 1 aliphatic rings. The first-order chi connectivity index (χ1) is 30.3. The smallest absolute Gasteiger partial charge is 0.407 e. The van der Waals surface area contributed by atoms with E-state index in [0.717, 1.165) is 18.2 Å². The Morgan fingerprint density at radius 3 is 2.38 bits per heavy atom. The van der Waals surface area contributed by atoms with E-state index in [1.165, 1.54) is 27.5 Å². The van der Waals surface area contributed by atoms with Gasteiger partial charge in [-0.3, -0.25) is 4.79 Å². The molecule has 2 amide bonds. The molecule has 5 heterocycles. The molecule has 0 saturated carbocycles. The fraction of sp³-hybridized carbons (Fsp3) is 0.372. The third kappa shape index (κ3) is 11.2. The second kappa shape index (κ2) is 19.5. The number of hydrogen-bond acceptors (Lipinski definition) is 13. The molecule has 340 valence electrons. The summed E-state index contributed by atoms with van der Waals surface area (Å²) in [7, 11) is 0. The summed E-state index contributed by atoms with van der Waals surface area (Å²) in [4.78, 5) is 45.4. The molecular formula is C43H48F4N10O7. The third-order valence-corrected chi connectivity index (χ3v) is 9.34. The first-order valence-electron chi connectivity index (χ1n) is 20.2. The molecule has 7 rings (SSSR count). The van der Waals surface area contributed by atoms with E-state index in [-0.39, 0.29) is 53.9 Å². The topological polar surface area (TPSA) is 197 Å². The van der Waals surface area contributed by atoms with Crippen LogP contribution in [0.25, 0.3) is 11.3 Å². The Labute approximate surface area is 364 Å². The molecule has 0 fully saturated rings. The summed E-state index contributed by atoms with van der Waals surface area (Å²) in [6, 6.07) is 6.00. The van der Waals surface area contributed by atoms with Gasteiger partial charge in [0.25, 0.3) is 5.91 Å². The van der Waals surface area contributed by atoms with Crippen LogP contribution in [0.1, 0.15) is 99.3 Å². The summed E-state index contributed by atoms with van der Waals surface area (Å²) in [6.07, 6.45) is 4.19. The predicted octanol–water partition coefficient (Wildman–Crippen LogP) is 7.34. The van der Waals surface area contributed by atoms with Gasteiger partial charge in [-0.15, -0.1) is 0 Å². The van der Waals surface area contributed by atoms with Crippen molar-refractivity contribution in [1.82, 2.24) is 39.8 Å². The van der Waals surface area contributed by atoms with E-state index in [4.69, 9.17) is 18.9 Å². The largest absolute Gasteiger partial charge is 0.485 e. The summed E-state index contributed by atoms with van der Waals surface area (Å²) in [5, 5.41) is 19.7. The molecule has 4 atom stereocenters. The van der Waals surface area contributed by atoms with Gasteiger partial charge >= 0.3 is 12.1 Å². The molecule has 0 radical (unpaired) electrons. The van der Waals surface area contributed by atoms with Crippen molar-refractivity contribution in [2.45, 2.75) is 85.3 Å². The number of rotatable bonds is 9. The molecule has 21 heteroatoms. The number of anilines is 2. The summed E-state index contributed by atoms with van der Waals surface area (Å²) in [5.41, 5.74) is 0.986. The van der Waals surface area contributed by atoms with Gasteiger partial charge in [-0.1, -0.05) is 0 Å². The quantitative estimate of drug-likeness (QED) is 0.0832. The van der Waals surface area contributed by atoms with Gasteiger partial charge in [-0.2, -0.15) is 10.2 Å². The molecule has 2 aromatic carbocycles. The van der Waals surface area contributed by atoms with Crippen molar-refractivity contribution in [3.63, 3.8) is 0 Å². The number of hydrogen-bond donors (Lipinski definition) is 4. The number of ether oxygens (including phenoxy) is 4. The lowest BCUT2D eigenvalue weighted by atomic mass is 10.1. The number of aromatic nitrogens is 6. The number of nitrogens with one attached hydrogen (secondary N) is 4. The van der Waals surface area contributed by atoms with E-state index in [2.05, 4.69) is 41.4 Å². The molecule has 0 saturated heterocycles. The number of alkyl carbamates (subject to hydrolysis) is 1. The molecular weight excluding hydrogens is 845 g/mol. The lowest BCUT2D eigenvalue weighted by Crippen LogP contribution is -2.38. The standard InChI is InChI=1S/C25H31F2N5O5.C18H17F2N5O2/c1-7-35-23(33)18-13-29-32-9-8-20(31-22(18)32)30-15(3)17-10-16(26)11-19(27)21(17)36-14(2)12-28-24(34)37-25(4,5)6;1-9-7-21-18(26)13-8-22-25-4-3-15(24-17(13)25)23-10(2)12-5-11(19)6-14(20)16(12)27-9/h8-11,13-15H,7,12H2,1-6H3,(H,28,34)(H,30,31);3-6,8-10H,7H2,1-2H3,(H,21,26)(H,23,24)/t14-,15+;9-,10+/m00/s1. The number of benzene rings is 2. The molecule has 17 nitrogen and oxygen atoms in total. The van der Waals surface area contributed by atoms with Crippen molar-refractivity contribution in [3.8, 4) is 11.5 Å². The minimum Gasteiger partial charge on any atom is -0.485 e. The number of carbonyl (C=O) groups is 3. The van der Waals surface area contributed by atoms with E-state index in [1.807, 2.05) is 0 Å². The molecule has 4 aromatic heterocycles. The van der Waals surface area contributed by atoms with Crippen molar-refractivity contribution < 1.29 is 50.9 Å². The molecule has 1 aliphatic heterocycles. The zero-order valence-corrected chi connectivity index (χ0v) is 36.3. The molecule has 0 unspecified atom stereocenters. The average molecular weight is 893 g/mol. The fourth-order valence-corrected chi connectivity index (χ4v) is 6.42. The van der Waals surface area contributed by atoms with Crippen molar-refractivity contribution >= 4 is 40.9 Å². The highest BCUT2D eigenvalue weighted by atomic mass is 19.1. The Morgan fingerprint density at radius 2 is 1.64 bits per heavy atom. The maximum Gasteiger partial charge on any atom is 0.407 e. The monoisotopic (exact) mass is 892 g/mol. The Morgan fingerprint density at radius 1 is 0.953 bits per heavy atom. The number of carbonyl (C=O) groups excluding carboxylic acids is 3. The number of fused-ring (bicyclic) bond motifs is 3. The number of esters is 1. The minimum atomic E-state index is -0.892. The van der Waals surface area contributed by atoms with Gasteiger partial charge in [0.1, 0.15) is 52.2 Å². The normalized spacial score (nSPS) is 16.0. The highest BCUT2D eigenvalue weighted by Gasteiger charge is 2.25. The maximum atomic E-state index is 14.8. The number of halogens is 4. The second-order valence-electron chi connectivity index (χ2n) is 15.8. The van der Waals surface area contributed by atoms with Crippen LogP contribution < -0.4 is 30.7 Å². The van der Waals surface area contributed by atoms with Crippen LogP contribution in [0, 0.1) is 23.3 Å². The zero-order valence-electron chi connectivity index (χ0n) is 36.3. The van der Waals surface area contributed by atoms with Crippen LogP contribution in [0.2, 0.25) is 0 Å². The van der Waals surface area contributed by atoms with Crippen LogP contribution in [0.4, 0.5) is 34.0 Å². The molecule has 64 heavy (non-hydrogen) atoms. The number of amides is 2. The Bertz CT molecular complexity index is 2670. The first-order valence-corrected chi connectivity index (χ1v) is 20.2. The van der Waals surface area contributed by atoms with Crippen molar-refractivity contribution in [2.24, 2.45) is 0 Å². The van der Waals surface area contributed by atoms with Gasteiger partial charge in [-0.05, 0) is 79.7 Å². The Kier molecular flexibility index (Phi) is 14.1. The Balaban J connectivity index is 0.000000222. The van der Waals surface area contributed by atoms with E-state index >= 15 is 0 Å². The van der Waals surface area contributed by atoms with Crippen molar-refractivity contribution in [3.05, 3.63) is 107 Å². The minimum absolute atomic E-state index is 0.0308. The van der Waals surface area contributed by atoms with Gasteiger partial charge in [0.05, 0.1) is 44.2 Å². The zero-order chi connectivity index (χ0) is 46.5. The van der Waals surface area contributed by atoms with Crippen molar-refractivity contribution in [2.75, 3.05) is 30.3 Å². The van der Waals surface area contributed by atoms with E-state index in [1.54, 1.807) is 79.9 Å². The third-order valence-electron chi connectivity index (χ3n) is 9.34. The predicted molar refractivity (Wildman–Crippen MR) is 225 cm³/mol. The van der Waals surface area contributed by atoms with Crippen LogP contribution in [0.15, 0.2) is 61.2 Å². The van der Waals surface area contributed by atoms with Gasteiger partial charge in [-0.25, -0.2) is 46.1 Å². The van der Waals surface area contributed by atoms with Gasteiger partial charge < -0.3 is 40.2 Å². The maximum absolute atomic E-state index is 14.8. The molecule has 0 spiro atoms. The summed E-state index contributed by atoms with van der Waals surface area (Å²) in [6.45, 7) is 14.0. The van der Waals surface area contributed by atoms with Crippen LogP contribution in [0.3, 0.4) is 0 Å². The summed E-state index contributed by atoms with van der Waals surface area (Å²) < 4.78 is 81.7. The van der Waals surface area contributed by atoms with Gasteiger partial charge in [0.15, 0.2) is 34.4 Å². The van der Waals surface area contributed by atoms with Crippen LogP contribution in [-0.2, 0) is 9.47 Å². The number of nitrogens with zero attached hydrogens (tertiary/aromatic N) is 6. The lowest BCUT2D eigenvalue weighted by Gasteiger charge is -2.23. The highest BCUT2D eigenvalue weighted by molar-refractivity contribution is 5.99. The Hall–Kier alpha value is -7.19. The average Bonchev–Trinajstić information content (AvgIpc) is 3.84. The molecule has 6 aromatic rings. The molecule has 4 N–H and O–H groups in total. The molecule has 0 aliphatic carbocycles. The van der Waals surface area contributed by atoms with Gasteiger partial charge in [0.2, 0.25) is 0 Å². The summed E-state index contributed by atoms with van der Waals surface area (Å²) >= 11 is 0. The van der Waals surface area contributed by atoms with E-state index in [9.17, 15) is 31.9 Å². The fourth-order valence-electron chi connectivity index (χ4n) is 6.42. The first kappa shape index (κ1) is 46.3. The van der Waals surface area contributed by atoms with Crippen LogP contribution in [-0.4, -0.2) is 84.7 Å². The SMILES string of the molecule is CCOC(=O)c1cnn2ccc(N[C@H](C)c3cc(F)cc(F)c3O[C@@H](C)CNC(=O)OC(C)(C)C)nc12.C[C@H]1CNC(=O)c2cnn3ccc(nc23)N[C@H](C)c2cc(F)cc(F)c2O1. The van der Waals surface area contributed by atoms with Gasteiger partial charge in [0, 0.05) is 35.7 Å². The van der Waals surface area contributed by atoms with E-state index < -0.39 is 65.2 Å². The second-order valence-corrected chi connectivity index (χ2v) is 15.8. The summed E-state index contributed by atoms with van der Waals surface area (Å²) in [5.74, 6) is -3.55. The lowest BCUT2D eigenvalue weighted by molar-refractivity contribution is 0.0500. The van der Waals surface area contributed by atoms with Crippen LogP contribution in [0.5, 0.6) is 11.5 Å². The highest BCUT2D eigenvalue weighted by Crippen LogP contribution is 2.34. The molecule has 2 bridgehead atoms. The van der Waals surface area contributed by atoms with E-state index in [0.29, 0.717) is 28.4 Å². The van der Waals surface area contributed by atoms with Crippen molar-refractivity contribution in [1.29, 1.82) is 0 Å².